The highest BCUT2D eigenvalue weighted by Gasteiger charge is 2.49. The maximum atomic E-state index is 12.0. The predicted molar refractivity (Wildman–Crippen MR) is 67.2 cm³/mol. The van der Waals surface area contributed by atoms with Gasteiger partial charge in [0.15, 0.2) is 0 Å². The lowest BCUT2D eigenvalue weighted by Crippen LogP contribution is -2.48. The summed E-state index contributed by atoms with van der Waals surface area (Å²) in [5.41, 5.74) is 0.856. The molecule has 0 aromatic rings. The van der Waals surface area contributed by atoms with Crippen molar-refractivity contribution >= 4 is 12.0 Å². The second-order valence-corrected chi connectivity index (χ2v) is 5.41. The zero-order chi connectivity index (χ0) is 13.3. The smallest absolute Gasteiger partial charge is 0.326 e. The average molecular weight is 252 g/mol. The van der Waals surface area contributed by atoms with Gasteiger partial charge in [-0.05, 0) is 31.6 Å². The number of fused-ring (bicyclic) bond motifs is 1. The SMILES string of the molecule is C=C(C)CNC(=O)N1CC2CCCC2C1C(=O)O. The summed E-state index contributed by atoms with van der Waals surface area (Å²) in [7, 11) is 0. The Balaban J connectivity index is 2.05. The van der Waals surface area contributed by atoms with Gasteiger partial charge in [0.2, 0.25) is 0 Å². The molecule has 0 spiro atoms. The highest BCUT2D eigenvalue weighted by Crippen LogP contribution is 2.42. The fourth-order valence-corrected chi connectivity index (χ4v) is 3.16. The van der Waals surface area contributed by atoms with Gasteiger partial charge < -0.3 is 15.3 Å². The minimum atomic E-state index is -0.880. The molecule has 2 amide bonds. The van der Waals surface area contributed by atoms with Gasteiger partial charge in [-0.25, -0.2) is 9.59 Å². The van der Waals surface area contributed by atoms with Crippen LogP contribution in [0.1, 0.15) is 26.2 Å². The van der Waals surface area contributed by atoms with E-state index in [1.54, 1.807) is 0 Å². The topological polar surface area (TPSA) is 69.6 Å². The van der Waals surface area contributed by atoms with Crippen molar-refractivity contribution in [3.05, 3.63) is 12.2 Å². The maximum absolute atomic E-state index is 12.0. The number of nitrogens with one attached hydrogen (secondary N) is 1. The van der Waals surface area contributed by atoms with Gasteiger partial charge >= 0.3 is 12.0 Å². The van der Waals surface area contributed by atoms with Crippen LogP contribution < -0.4 is 5.32 Å². The second-order valence-electron chi connectivity index (χ2n) is 5.41. The first-order valence-corrected chi connectivity index (χ1v) is 6.42. The molecular formula is C13H20N2O3. The van der Waals surface area contributed by atoms with E-state index in [-0.39, 0.29) is 11.9 Å². The Morgan fingerprint density at radius 1 is 1.44 bits per heavy atom. The molecule has 1 aliphatic carbocycles. The van der Waals surface area contributed by atoms with Gasteiger partial charge in [0, 0.05) is 13.1 Å². The maximum Gasteiger partial charge on any atom is 0.326 e. The second kappa shape index (κ2) is 5.00. The van der Waals surface area contributed by atoms with E-state index in [2.05, 4.69) is 11.9 Å². The fourth-order valence-electron chi connectivity index (χ4n) is 3.16. The van der Waals surface area contributed by atoms with Crippen LogP contribution in [0.2, 0.25) is 0 Å². The molecule has 1 heterocycles. The first-order chi connectivity index (χ1) is 8.50. The van der Waals surface area contributed by atoms with E-state index < -0.39 is 12.0 Å². The van der Waals surface area contributed by atoms with Gasteiger partial charge in [-0.1, -0.05) is 18.6 Å². The van der Waals surface area contributed by atoms with Crippen LogP contribution in [0.4, 0.5) is 4.79 Å². The summed E-state index contributed by atoms with van der Waals surface area (Å²) in [5, 5.41) is 12.0. The molecule has 0 bridgehead atoms. The van der Waals surface area contributed by atoms with Crippen LogP contribution in [0.3, 0.4) is 0 Å². The first kappa shape index (κ1) is 12.9. The number of carbonyl (C=O) groups is 2. The summed E-state index contributed by atoms with van der Waals surface area (Å²) in [6, 6.07) is -0.928. The Morgan fingerprint density at radius 2 is 2.17 bits per heavy atom. The Hall–Kier alpha value is -1.52. The van der Waals surface area contributed by atoms with Gasteiger partial charge in [-0.15, -0.1) is 0 Å². The molecule has 1 saturated heterocycles. The summed E-state index contributed by atoms with van der Waals surface area (Å²) >= 11 is 0. The summed E-state index contributed by atoms with van der Waals surface area (Å²) in [4.78, 5) is 24.8. The van der Waals surface area contributed by atoms with Crippen molar-refractivity contribution in [3.8, 4) is 0 Å². The zero-order valence-electron chi connectivity index (χ0n) is 10.7. The highest BCUT2D eigenvalue weighted by molar-refractivity contribution is 5.84. The van der Waals surface area contributed by atoms with Crippen LogP contribution in [0.15, 0.2) is 12.2 Å². The number of hydrogen-bond donors (Lipinski definition) is 2. The number of carboxylic acid groups (broad SMARTS) is 1. The quantitative estimate of drug-likeness (QED) is 0.747. The zero-order valence-corrected chi connectivity index (χ0v) is 10.7. The molecule has 3 unspecified atom stereocenters. The molecule has 0 aromatic carbocycles. The van der Waals surface area contributed by atoms with E-state index in [0.717, 1.165) is 24.8 Å². The van der Waals surface area contributed by atoms with Gasteiger partial charge in [0.05, 0.1) is 0 Å². The normalized spacial score (nSPS) is 30.1. The molecule has 2 aliphatic rings. The van der Waals surface area contributed by atoms with Crippen molar-refractivity contribution in [2.45, 2.75) is 32.2 Å². The fraction of sp³-hybridized carbons (Fsp3) is 0.692. The number of urea groups is 1. The molecule has 2 N–H and O–H groups in total. The summed E-state index contributed by atoms with van der Waals surface area (Å²) in [6.07, 6.45) is 3.05. The van der Waals surface area contributed by atoms with Crippen molar-refractivity contribution in [2.75, 3.05) is 13.1 Å². The molecule has 18 heavy (non-hydrogen) atoms. The van der Waals surface area contributed by atoms with Crippen LogP contribution in [-0.2, 0) is 4.79 Å². The van der Waals surface area contributed by atoms with E-state index in [1.807, 2.05) is 6.92 Å². The standard InChI is InChI=1S/C13H20N2O3/c1-8(2)6-14-13(18)15-7-9-4-3-5-10(9)11(15)12(16)17/h9-11H,1,3-7H2,2H3,(H,14,18)(H,16,17). The molecule has 2 rings (SSSR count). The Morgan fingerprint density at radius 3 is 2.78 bits per heavy atom. The monoisotopic (exact) mass is 252 g/mol. The molecule has 3 atom stereocenters. The molecule has 100 valence electrons. The lowest BCUT2D eigenvalue weighted by Gasteiger charge is -2.24. The van der Waals surface area contributed by atoms with Crippen LogP contribution in [0.25, 0.3) is 0 Å². The lowest BCUT2D eigenvalue weighted by molar-refractivity contribution is -0.142. The third-order valence-corrected chi connectivity index (χ3v) is 3.95. The third kappa shape index (κ3) is 2.35. The molecule has 2 fully saturated rings. The van der Waals surface area contributed by atoms with E-state index in [0.29, 0.717) is 19.0 Å². The van der Waals surface area contributed by atoms with E-state index in [9.17, 15) is 14.7 Å². The largest absolute Gasteiger partial charge is 0.480 e. The number of nitrogens with zero attached hydrogens (tertiary/aromatic N) is 1. The molecule has 0 aromatic heterocycles. The van der Waals surface area contributed by atoms with Crippen LogP contribution in [0, 0.1) is 11.8 Å². The van der Waals surface area contributed by atoms with Crippen molar-refractivity contribution in [1.82, 2.24) is 10.2 Å². The van der Waals surface area contributed by atoms with Gasteiger partial charge in [0.25, 0.3) is 0 Å². The number of rotatable bonds is 3. The molecule has 0 radical (unpaired) electrons. The van der Waals surface area contributed by atoms with Crippen molar-refractivity contribution in [2.24, 2.45) is 11.8 Å². The van der Waals surface area contributed by atoms with Gasteiger partial charge in [-0.2, -0.15) is 0 Å². The summed E-state index contributed by atoms with van der Waals surface area (Å²) in [5.74, 6) is -0.380. The minimum Gasteiger partial charge on any atom is -0.480 e. The summed E-state index contributed by atoms with van der Waals surface area (Å²) < 4.78 is 0. The van der Waals surface area contributed by atoms with Gasteiger partial charge in [0.1, 0.15) is 6.04 Å². The average Bonchev–Trinajstić information content (AvgIpc) is 2.83. The van der Waals surface area contributed by atoms with Gasteiger partial charge in [-0.3, -0.25) is 0 Å². The third-order valence-electron chi connectivity index (χ3n) is 3.95. The van der Waals surface area contributed by atoms with Crippen molar-refractivity contribution in [1.29, 1.82) is 0 Å². The first-order valence-electron chi connectivity index (χ1n) is 6.42. The van der Waals surface area contributed by atoms with Crippen LogP contribution >= 0.6 is 0 Å². The summed E-state index contributed by atoms with van der Waals surface area (Å²) in [6.45, 7) is 6.52. The van der Waals surface area contributed by atoms with E-state index in [1.165, 1.54) is 4.90 Å². The Labute approximate surface area is 107 Å². The number of likely N-dealkylation sites (tertiary alicyclic amines) is 1. The number of amides is 2. The number of carboxylic acids is 1. The molecule has 5 heteroatoms. The predicted octanol–water partition coefficient (Wildman–Crippen LogP) is 1.46. The van der Waals surface area contributed by atoms with Crippen LogP contribution in [0.5, 0.6) is 0 Å². The Bertz CT molecular complexity index is 380. The van der Waals surface area contributed by atoms with E-state index in [4.69, 9.17) is 0 Å². The van der Waals surface area contributed by atoms with Crippen molar-refractivity contribution in [3.63, 3.8) is 0 Å². The number of hydrogen-bond acceptors (Lipinski definition) is 2. The van der Waals surface area contributed by atoms with E-state index >= 15 is 0 Å². The lowest BCUT2D eigenvalue weighted by atomic mass is 9.94. The molecule has 5 nitrogen and oxygen atoms in total. The number of carbonyl (C=O) groups excluding carboxylic acids is 1. The molecular weight excluding hydrogens is 232 g/mol. The number of aliphatic carboxylic acids is 1. The minimum absolute atomic E-state index is 0.137. The highest BCUT2D eigenvalue weighted by atomic mass is 16.4. The Kier molecular flexibility index (Phi) is 3.59. The molecule has 1 saturated carbocycles. The molecule has 1 aliphatic heterocycles. The van der Waals surface area contributed by atoms with Crippen molar-refractivity contribution < 1.29 is 14.7 Å². The van der Waals surface area contributed by atoms with Crippen LogP contribution in [-0.4, -0.2) is 41.1 Å².